The number of aromatic nitrogens is 6. The van der Waals surface area contributed by atoms with Crippen LogP contribution >= 0.6 is 0 Å². The van der Waals surface area contributed by atoms with Crippen molar-refractivity contribution in [2.45, 2.75) is 26.3 Å². The number of alkyl halides is 3. The van der Waals surface area contributed by atoms with Gasteiger partial charge in [0.1, 0.15) is 24.0 Å². The Labute approximate surface area is 225 Å². The van der Waals surface area contributed by atoms with E-state index in [0.717, 1.165) is 12.1 Å². The number of nitrogens with one attached hydrogen (secondary N) is 1. The number of anilines is 1. The van der Waals surface area contributed by atoms with Crippen LogP contribution in [-0.4, -0.2) is 36.2 Å². The number of aryl methyl sites for hydroxylation is 2. The smallest absolute Gasteiger partial charge is 0.282 e. The number of halogens is 4. The van der Waals surface area contributed by atoms with E-state index in [0.29, 0.717) is 34.2 Å². The first-order chi connectivity index (χ1) is 19.2. The molecule has 0 unspecified atom stereocenters. The number of nitrogens with zero attached hydrogens (tertiary/aromatic N) is 6. The van der Waals surface area contributed by atoms with Crippen molar-refractivity contribution in [2.75, 3.05) is 12.0 Å². The van der Waals surface area contributed by atoms with E-state index in [1.54, 1.807) is 32.3 Å². The van der Waals surface area contributed by atoms with Crippen molar-refractivity contribution in [3.63, 3.8) is 0 Å². The minimum atomic E-state index is -2.92. The van der Waals surface area contributed by atoms with Gasteiger partial charge in [-0.2, -0.15) is 0 Å². The normalized spacial score (nSPS) is 12.2. The van der Waals surface area contributed by atoms with Crippen LogP contribution in [-0.2, 0) is 7.05 Å². The summed E-state index contributed by atoms with van der Waals surface area (Å²) in [4.78, 5) is 34.2. The summed E-state index contributed by atoms with van der Waals surface area (Å²) in [6.07, 6.45) is 3.31. The molecule has 5 aromatic rings. The molecule has 0 fully saturated rings. The zero-order valence-electron chi connectivity index (χ0n) is 21.7. The third-order valence-electron chi connectivity index (χ3n) is 6.47. The summed E-state index contributed by atoms with van der Waals surface area (Å²) in [5.74, 6) is 0.209. The van der Waals surface area contributed by atoms with Gasteiger partial charge in [-0.25, -0.2) is 42.5 Å². The highest BCUT2D eigenvalue weighted by Crippen LogP contribution is 2.33. The van der Waals surface area contributed by atoms with Gasteiger partial charge >= 0.3 is 0 Å². The summed E-state index contributed by atoms with van der Waals surface area (Å²) < 4.78 is 57.8. The molecule has 40 heavy (non-hydrogen) atoms. The number of rotatable bonds is 7. The predicted molar refractivity (Wildman–Crippen MR) is 142 cm³/mol. The highest BCUT2D eigenvalue weighted by atomic mass is 19.3. The van der Waals surface area contributed by atoms with E-state index in [-0.39, 0.29) is 22.0 Å². The van der Waals surface area contributed by atoms with Crippen LogP contribution in [0.3, 0.4) is 0 Å². The van der Waals surface area contributed by atoms with Crippen molar-refractivity contribution in [3.8, 4) is 22.6 Å². The molecule has 4 heterocycles. The third kappa shape index (κ3) is 5.12. The Bertz CT molecular complexity index is 1760. The summed E-state index contributed by atoms with van der Waals surface area (Å²) in [7, 11) is 1.52. The van der Waals surface area contributed by atoms with Crippen LogP contribution in [0.1, 0.15) is 35.2 Å². The Hall–Kier alpha value is -4.74. The van der Waals surface area contributed by atoms with Gasteiger partial charge in [-0.15, -0.1) is 0 Å². The Morgan fingerprint density at radius 1 is 0.925 bits per heavy atom. The van der Waals surface area contributed by atoms with Gasteiger partial charge in [0.25, 0.3) is 12.0 Å². The molecule has 1 aromatic carbocycles. The molecule has 12 heteroatoms. The average molecular weight is 550 g/mol. The molecule has 0 aliphatic rings. The molecule has 1 atom stereocenters. The Kier molecular flexibility index (Phi) is 7.24. The van der Waals surface area contributed by atoms with Crippen LogP contribution in [0.4, 0.5) is 23.2 Å². The molecule has 0 spiro atoms. The van der Waals surface area contributed by atoms with Crippen LogP contribution in [0.15, 0.2) is 59.9 Å². The second-order valence-electron chi connectivity index (χ2n) is 9.20. The topological polar surface area (TPSA) is 98.5 Å². The van der Waals surface area contributed by atoms with Crippen LogP contribution < -0.4 is 10.9 Å². The molecule has 204 valence electrons. The first kappa shape index (κ1) is 26.9. The Morgan fingerprint density at radius 2 is 1.60 bits per heavy atom. The van der Waals surface area contributed by atoms with Crippen LogP contribution in [0.5, 0.6) is 0 Å². The van der Waals surface area contributed by atoms with Crippen molar-refractivity contribution < 1.29 is 17.6 Å². The summed E-state index contributed by atoms with van der Waals surface area (Å²) >= 11 is 0. The SMILES string of the molecule is Cc1ccc(N[C@H](CF)c2cc(F)cc3c(=O)n(C)c(-c4cnc(-c5cnc(C)nc5)nc4)cc23)c(C(F)F)n1. The number of hydrogen-bond acceptors (Lipinski definition) is 7. The monoisotopic (exact) mass is 549 g/mol. The third-order valence-corrected chi connectivity index (χ3v) is 6.47. The predicted octanol–water partition coefficient (Wildman–Crippen LogP) is 5.66. The van der Waals surface area contributed by atoms with Gasteiger partial charge in [0.2, 0.25) is 0 Å². The van der Waals surface area contributed by atoms with Crippen molar-refractivity contribution in [1.29, 1.82) is 0 Å². The van der Waals surface area contributed by atoms with E-state index in [1.165, 1.54) is 36.1 Å². The summed E-state index contributed by atoms with van der Waals surface area (Å²) in [6, 6.07) is 5.38. The first-order valence-corrected chi connectivity index (χ1v) is 12.2. The molecule has 0 bridgehead atoms. The molecule has 0 aliphatic heterocycles. The van der Waals surface area contributed by atoms with Crippen LogP contribution in [0.25, 0.3) is 33.4 Å². The largest absolute Gasteiger partial charge is 0.374 e. The highest BCUT2D eigenvalue weighted by Gasteiger charge is 2.23. The maximum Gasteiger partial charge on any atom is 0.282 e. The van der Waals surface area contributed by atoms with E-state index >= 15 is 0 Å². The Balaban J connectivity index is 1.61. The maximum absolute atomic E-state index is 14.7. The van der Waals surface area contributed by atoms with Crippen molar-refractivity contribution in [1.82, 2.24) is 29.5 Å². The number of fused-ring (bicyclic) bond motifs is 1. The molecule has 1 N–H and O–H groups in total. The van der Waals surface area contributed by atoms with E-state index < -0.39 is 36.2 Å². The molecule has 8 nitrogen and oxygen atoms in total. The van der Waals surface area contributed by atoms with Gasteiger partial charge in [0.05, 0.1) is 28.4 Å². The number of pyridine rings is 2. The lowest BCUT2D eigenvalue weighted by Crippen LogP contribution is -2.21. The highest BCUT2D eigenvalue weighted by molar-refractivity contribution is 5.89. The molecule has 4 aromatic heterocycles. The van der Waals surface area contributed by atoms with Gasteiger partial charge in [-0.1, -0.05) is 0 Å². The quantitative estimate of drug-likeness (QED) is 0.262. The standard InChI is InChI=1S/C28H23F4N7O/c1-14-4-5-22(25(37-14)26(31)32)38-23(9-29)20-6-18(30)7-21-19(20)8-24(39(3)28(21)40)16-10-35-27(36-11-16)17-12-33-15(2)34-13-17/h4-8,10-13,23,26,38H,9H2,1-3H3/t23-/m1/s1. The fraction of sp³-hybridized carbons (Fsp3) is 0.214. The summed E-state index contributed by atoms with van der Waals surface area (Å²) in [5.41, 5.74) is 0.749. The fourth-order valence-corrected chi connectivity index (χ4v) is 4.44. The van der Waals surface area contributed by atoms with Gasteiger partial charge in [-0.3, -0.25) is 4.79 Å². The van der Waals surface area contributed by atoms with Crippen LogP contribution in [0.2, 0.25) is 0 Å². The second-order valence-corrected chi connectivity index (χ2v) is 9.20. The van der Waals surface area contributed by atoms with Crippen LogP contribution in [0, 0.1) is 19.7 Å². The second kappa shape index (κ2) is 10.8. The summed E-state index contributed by atoms with van der Waals surface area (Å²) in [5, 5.41) is 3.00. The minimum absolute atomic E-state index is 0.00644. The first-order valence-electron chi connectivity index (χ1n) is 12.2. The van der Waals surface area contributed by atoms with E-state index in [1.807, 2.05) is 0 Å². The molecular formula is C28H23F4N7O. The van der Waals surface area contributed by atoms with Crippen molar-refractivity contribution >= 4 is 16.5 Å². The van der Waals surface area contributed by atoms with Crippen molar-refractivity contribution in [3.05, 3.63) is 94.1 Å². The average Bonchev–Trinajstić information content (AvgIpc) is 2.94. The maximum atomic E-state index is 14.7. The zero-order valence-corrected chi connectivity index (χ0v) is 21.7. The lowest BCUT2D eigenvalue weighted by Gasteiger charge is -2.22. The lowest BCUT2D eigenvalue weighted by atomic mass is 9.97. The molecule has 5 rings (SSSR count). The molecule has 0 amide bonds. The molecule has 0 saturated heterocycles. The molecular weight excluding hydrogens is 526 g/mol. The number of benzene rings is 1. The molecule has 0 aliphatic carbocycles. The lowest BCUT2D eigenvalue weighted by molar-refractivity contribution is 0.146. The van der Waals surface area contributed by atoms with Gasteiger partial charge in [0.15, 0.2) is 5.82 Å². The van der Waals surface area contributed by atoms with E-state index in [4.69, 9.17) is 0 Å². The van der Waals surface area contributed by atoms with Gasteiger partial charge in [-0.05, 0) is 55.1 Å². The number of hydrogen-bond donors (Lipinski definition) is 1. The Morgan fingerprint density at radius 3 is 2.25 bits per heavy atom. The fourth-order valence-electron chi connectivity index (χ4n) is 4.44. The molecule has 0 radical (unpaired) electrons. The molecule has 0 saturated carbocycles. The van der Waals surface area contributed by atoms with E-state index in [9.17, 15) is 22.4 Å². The van der Waals surface area contributed by atoms with E-state index in [2.05, 4.69) is 30.2 Å². The van der Waals surface area contributed by atoms with Crippen molar-refractivity contribution in [2.24, 2.45) is 7.05 Å². The van der Waals surface area contributed by atoms with Gasteiger partial charge < -0.3 is 9.88 Å². The summed E-state index contributed by atoms with van der Waals surface area (Å²) in [6.45, 7) is 2.24. The zero-order chi connectivity index (χ0) is 28.6. The van der Waals surface area contributed by atoms with Gasteiger partial charge in [0, 0.05) is 43.1 Å². The minimum Gasteiger partial charge on any atom is -0.374 e.